The van der Waals surface area contributed by atoms with Gasteiger partial charge in [0.15, 0.2) is 11.6 Å². The lowest BCUT2D eigenvalue weighted by molar-refractivity contribution is 0.262. The minimum absolute atomic E-state index is 0.102. The molecular formula is C14H18FN3O2. The van der Waals surface area contributed by atoms with Crippen molar-refractivity contribution in [1.82, 2.24) is 15.6 Å². The summed E-state index contributed by atoms with van der Waals surface area (Å²) in [5.41, 5.74) is 2.09. The number of halogens is 1. The van der Waals surface area contributed by atoms with E-state index in [1.165, 1.54) is 6.07 Å². The van der Waals surface area contributed by atoms with Crippen molar-refractivity contribution in [3.05, 3.63) is 41.0 Å². The van der Waals surface area contributed by atoms with Crippen molar-refractivity contribution in [3.63, 3.8) is 0 Å². The van der Waals surface area contributed by atoms with Gasteiger partial charge in [0.1, 0.15) is 18.0 Å². The van der Waals surface area contributed by atoms with Crippen LogP contribution < -0.4 is 10.1 Å². The van der Waals surface area contributed by atoms with Crippen molar-refractivity contribution < 1.29 is 13.8 Å². The van der Waals surface area contributed by atoms with E-state index in [2.05, 4.69) is 20.3 Å². The zero-order chi connectivity index (χ0) is 14.5. The molecule has 5 nitrogen and oxygen atoms in total. The van der Waals surface area contributed by atoms with E-state index in [0.29, 0.717) is 11.4 Å². The van der Waals surface area contributed by atoms with Crippen LogP contribution in [0.2, 0.25) is 0 Å². The molecule has 0 radical (unpaired) electrons. The first-order chi connectivity index (χ1) is 9.61. The van der Waals surface area contributed by atoms with Gasteiger partial charge in [-0.2, -0.15) is 0 Å². The van der Waals surface area contributed by atoms with E-state index in [-0.39, 0.29) is 24.2 Å². The average molecular weight is 279 g/mol. The van der Waals surface area contributed by atoms with Crippen molar-refractivity contribution in [1.29, 1.82) is 0 Å². The summed E-state index contributed by atoms with van der Waals surface area (Å²) in [5.74, 6) is -0.193. The molecule has 0 bridgehead atoms. The predicted molar refractivity (Wildman–Crippen MR) is 71.9 cm³/mol. The number of nitrogens with one attached hydrogen (secondary N) is 1. The molecule has 1 atom stereocenters. The summed E-state index contributed by atoms with van der Waals surface area (Å²) in [4.78, 5) is 0. The summed E-state index contributed by atoms with van der Waals surface area (Å²) >= 11 is 0. The van der Waals surface area contributed by atoms with Crippen molar-refractivity contribution in [2.24, 2.45) is 0 Å². The molecule has 0 saturated carbocycles. The van der Waals surface area contributed by atoms with Crippen molar-refractivity contribution >= 4 is 0 Å². The predicted octanol–water partition coefficient (Wildman–Crippen LogP) is 2.77. The summed E-state index contributed by atoms with van der Waals surface area (Å²) in [6.45, 7) is 6.72. The largest absolute Gasteiger partial charge is 0.484 e. The normalized spacial score (nSPS) is 12.4. The van der Waals surface area contributed by atoms with Crippen LogP contribution in [-0.4, -0.2) is 16.9 Å². The number of aryl methyl sites for hydroxylation is 1. The molecular weight excluding hydrogens is 261 g/mol. The molecule has 1 heterocycles. The Morgan fingerprint density at radius 3 is 2.80 bits per heavy atom. The molecule has 0 aliphatic rings. The number of aromatic nitrogens is 2. The smallest absolute Gasteiger partial charge is 0.165 e. The van der Waals surface area contributed by atoms with Crippen LogP contribution in [0.4, 0.5) is 4.39 Å². The van der Waals surface area contributed by atoms with Gasteiger partial charge in [-0.3, -0.25) is 0 Å². The van der Waals surface area contributed by atoms with Gasteiger partial charge in [0.2, 0.25) is 0 Å². The van der Waals surface area contributed by atoms with Gasteiger partial charge >= 0.3 is 0 Å². The molecule has 6 heteroatoms. The van der Waals surface area contributed by atoms with Crippen LogP contribution >= 0.6 is 0 Å². The van der Waals surface area contributed by atoms with E-state index in [0.717, 1.165) is 12.1 Å². The highest BCUT2D eigenvalue weighted by Crippen LogP contribution is 2.23. The zero-order valence-corrected chi connectivity index (χ0v) is 11.8. The number of nitrogens with zero attached hydrogens (tertiary/aromatic N) is 2. The van der Waals surface area contributed by atoms with Crippen LogP contribution in [0, 0.1) is 12.7 Å². The SMILES string of the molecule is CCNC(C)c1ccc(OCc2nonc2C)c(F)c1. The molecule has 108 valence electrons. The molecule has 2 rings (SSSR count). The Morgan fingerprint density at radius 1 is 1.40 bits per heavy atom. The molecule has 0 spiro atoms. The summed E-state index contributed by atoms with van der Waals surface area (Å²) in [6, 6.07) is 5.06. The van der Waals surface area contributed by atoms with Crippen LogP contribution in [0.25, 0.3) is 0 Å². The van der Waals surface area contributed by atoms with Crippen molar-refractivity contribution in [2.45, 2.75) is 33.4 Å². The van der Waals surface area contributed by atoms with E-state index in [1.807, 2.05) is 19.9 Å². The van der Waals surface area contributed by atoms with Gasteiger partial charge in [0.05, 0.1) is 0 Å². The highest BCUT2D eigenvalue weighted by Gasteiger charge is 2.11. The lowest BCUT2D eigenvalue weighted by Gasteiger charge is -2.14. The highest BCUT2D eigenvalue weighted by molar-refractivity contribution is 5.31. The molecule has 2 aromatic rings. The second kappa shape index (κ2) is 6.47. The molecule has 0 amide bonds. The third-order valence-corrected chi connectivity index (χ3v) is 3.08. The maximum absolute atomic E-state index is 14.0. The Labute approximate surface area is 117 Å². The lowest BCUT2D eigenvalue weighted by atomic mass is 10.1. The minimum Gasteiger partial charge on any atom is -0.484 e. The quantitative estimate of drug-likeness (QED) is 0.881. The number of hydrogen-bond acceptors (Lipinski definition) is 5. The van der Waals surface area contributed by atoms with Crippen LogP contribution in [0.3, 0.4) is 0 Å². The molecule has 0 saturated heterocycles. The molecule has 1 aromatic carbocycles. The third-order valence-electron chi connectivity index (χ3n) is 3.08. The van der Waals surface area contributed by atoms with Crippen molar-refractivity contribution in [3.8, 4) is 5.75 Å². The number of benzene rings is 1. The first kappa shape index (κ1) is 14.5. The fourth-order valence-electron chi connectivity index (χ4n) is 1.85. The maximum Gasteiger partial charge on any atom is 0.165 e. The van der Waals surface area contributed by atoms with E-state index in [9.17, 15) is 4.39 Å². The van der Waals surface area contributed by atoms with Gasteiger partial charge < -0.3 is 10.1 Å². The fraction of sp³-hybridized carbons (Fsp3) is 0.429. The Bertz CT molecular complexity index is 571. The molecule has 1 unspecified atom stereocenters. The number of ether oxygens (including phenoxy) is 1. The highest BCUT2D eigenvalue weighted by atomic mass is 19.1. The monoisotopic (exact) mass is 279 g/mol. The van der Waals surface area contributed by atoms with Gasteiger partial charge in [-0.25, -0.2) is 9.02 Å². The van der Waals surface area contributed by atoms with Gasteiger partial charge in [0, 0.05) is 6.04 Å². The van der Waals surface area contributed by atoms with Crippen LogP contribution in [0.5, 0.6) is 5.75 Å². The average Bonchev–Trinajstić information content (AvgIpc) is 2.83. The molecule has 1 aromatic heterocycles. The van der Waals surface area contributed by atoms with Gasteiger partial charge in [-0.15, -0.1) is 0 Å². The Hall–Kier alpha value is -1.95. The van der Waals surface area contributed by atoms with Gasteiger partial charge in [0.25, 0.3) is 0 Å². The lowest BCUT2D eigenvalue weighted by Crippen LogP contribution is -2.17. The summed E-state index contributed by atoms with van der Waals surface area (Å²) in [7, 11) is 0. The van der Waals surface area contributed by atoms with Crippen molar-refractivity contribution in [2.75, 3.05) is 6.54 Å². The standard InChI is InChI=1S/C14H18FN3O2/c1-4-16-9(2)11-5-6-14(12(15)7-11)19-8-13-10(3)17-20-18-13/h5-7,9,16H,4,8H2,1-3H3. The maximum atomic E-state index is 14.0. The number of hydrogen-bond donors (Lipinski definition) is 1. The van der Waals surface area contributed by atoms with Crippen LogP contribution in [0.15, 0.2) is 22.8 Å². The van der Waals surface area contributed by atoms with E-state index in [4.69, 9.17) is 4.74 Å². The minimum atomic E-state index is -0.388. The zero-order valence-electron chi connectivity index (χ0n) is 11.8. The topological polar surface area (TPSA) is 60.2 Å². The summed E-state index contributed by atoms with van der Waals surface area (Å²) in [6.07, 6.45) is 0. The van der Waals surface area contributed by atoms with Crippen LogP contribution in [-0.2, 0) is 6.61 Å². The van der Waals surface area contributed by atoms with E-state index in [1.54, 1.807) is 13.0 Å². The molecule has 20 heavy (non-hydrogen) atoms. The molecule has 1 N–H and O–H groups in total. The molecule has 0 fully saturated rings. The molecule has 0 aliphatic carbocycles. The summed E-state index contributed by atoms with van der Waals surface area (Å²) in [5, 5.41) is 10.6. The first-order valence-corrected chi connectivity index (χ1v) is 6.55. The Balaban J connectivity index is 2.04. The Morgan fingerprint density at radius 2 is 2.20 bits per heavy atom. The Kier molecular flexibility index (Phi) is 4.68. The third kappa shape index (κ3) is 3.33. The first-order valence-electron chi connectivity index (χ1n) is 6.55. The second-order valence-electron chi connectivity index (χ2n) is 4.55. The van der Waals surface area contributed by atoms with E-state index >= 15 is 0 Å². The van der Waals surface area contributed by atoms with Gasteiger partial charge in [-0.05, 0) is 38.1 Å². The molecule has 0 aliphatic heterocycles. The summed E-state index contributed by atoms with van der Waals surface area (Å²) < 4.78 is 23.9. The number of rotatable bonds is 6. The van der Waals surface area contributed by atoms with Crippen LogP contribution in [0.1, 0.15) is 36.8 Å². The van der Waals surface area contributed by atoms with E-state index < -0.39 is 0 Å². The van der Waals surface area contributed by atoms with Gasteiger partial charge in [-0.1, -0.05) is 23.3 Å². The fourth-order valence-corrected chi connectivity index (χ4v) is 1.85. The second-order valence-corrected chi connectivity index (χ2v) is 4.55.